The summed E-state index contributed by atoms with van der Waals surface area (Å²) in [5, 5.41) is 0.213. The molecule has 0 radical (unpaired) electrons. The van der Waals surface area contributed by atoms with Crippen LogP contribution >= 0.6 is 11.3 Å². The summed E-state index contributed by atoms with van der Waals surface area (Å²) in [5.41, 5.74) is 1.54. The molecular weight excluding hydrogens is 477 g/mol. The number of aryl methyl sites for hydroxylation is 1. The summed E-state index contributed by atoms with van der Waals surface area (Å²) in [6, 6.07) is 6.81. The number of ether oxygens (including phenoxy) is 1. The van der Waals surface area contributed by atoms with Crippen LogP contribution in [0.2, 0.25) is 0 Å². The zero-order valence-corrected chi connectivity index (χ0v) is 21.4. The van der Waals surface area contributed by atoms with Crippen molar-refractivity contribution >= 4 is 28.7 Å². The van der Waals surface area contributed by atoms with Crippen molar-refractivity contribution in [3.8, 4) is 16.2 Å². The van der Waals surface area contributed by atoms with Crippen LogP contribution in [-0.2, 0) is 24.2 Å². The molecule has 0 saturated heterocycles. The molecule has 0 spiro atoms. The number of hydrogen-bond donors (Lipinski definition) is 1. The third-order valence-corrected chi connectivity index (χ3v) is 6.99. The molecule has 3 rings (SSSR count). The van der Waals surface area contributed by atoms with Crippen molar-refractivity contribution < 1.29 is 22.7 Å². The van der Waals surface area contributed by atoms with Crippen molar-refractivity contribution in [2.75, 3.05) is 6.54 Å². The van der Waals surface area contributed by atoms with Gasteiger partial charge in [0.1, 0.15) is 11.6 Å². The summed E-state index contributed by atoms with van der Waals surface area (Å²) in [6.45, 7) is 8.52. The fourth-order valence-electron chi connectivity index (χ4n) is 3.50. The summed E-state index contributed by atoms with van der Waals surface area (Å²) in [6.07, 6.45) is 4.65. The second-order valence-corrected chi connectivity index (χ2v) is 10.5. The fourth-order valence-corrected chi connectivity index (χ4v) is 5.17. The lowest BCUT2D eigenvalue weighted by Gasteiger charge is -2.17. The van der Waals surface area contributed by atoms with Crippen molar-refractivity contribution in [2.24, 2.45) is 5.92 Å². The van der Waals surface area contributed by atoms with Crippen molar-refractivity contribution in [3.63, 3.8) is 0 Å². The van der Waals surface area contributed by atoms with Gasteiger partial charge < -0.3 is 9.30 Å². The van der Waals surface area contributed by atoms with E-state index in [4.69, 9.17) is 4.74 Å². The molecule has 2 heterocycles. The zero-order valence-electron chi connectivity index (χ0n) is 19.8. The van der Waals surface area contributed by atoms with Gasteiger partial charge in [0, 0.05) is 41.5 Å². The molecule has 0 aliphatic heterocycles. The molecule has 1 amide bonds. The SMILES string of the molecule is CCCCN(C(=O)Oc1sc(CC(C)C)cc1-c1ccc(Cn2ccnc2C)cc1F)S(=O)O. The molecule has 2 aromatic heterocycles. The molecule has 0 aliphatic rings. The smallest absolute Gasteiger partial charge is 0.398 e. The summed E-state index contributed by atoms with van der Waals surface area (Å²) >= 11 is -1.25. The van der Waals surface area contributed by atoms with Crippen molar-refractivity contribution in [2.45, 2.75) is 53.5 Å². The molecule has 1 N–H and O–H groups in total. The number of carbonyl (C=O) groups is 1. The normalized spacial score (nSPS) is 12.2. The molecular formula is C24H30FN3O4S2. The van der Waals surface area contributed by atoms with E-state index in [0.717, 1.165) is 33.4 Å². The van der Waals surface area contributed by atoms with Crippen LogP contribution in [0.5, 0.6) is 5.06 Å². The third-order valence-electron chi connectivity index (χ3n) is 5.25. The number of amides is 1. The Morgan fingerprint density at radius 1 is 1.32 bits per heavy atom. The van der Waals surface area contributed by atoms with Crippen LogP contribution in [0.3, 0.4) is 0 Å². The third kappa shape index (κ3) is 6.52. The molecule has 1 atom stereocenters. The van der Waals surface area contributed by atoms with E-state index < -0.39 is 23.2 Å². The Morgan fingerprint density at radius 2 is 2.09 bits per heavy atom. The molecule has 3 aromatic rings. The number of carbonyl (C=O) groups excluding carboxylic acids is 1. The molecule has 1 unspecified atom stereocenters. The van der Waals surface area contributed by atoms with Gasteiger partial charge in [-0.2, -0.15) is 0 Å². The molecule has 1 aromatic carbocycles. The molecule has 0 aliphatic carbocycles. The quantitative estimate of drug-likeness (QED) is 0.338. The Kier molecular flexibility index (Phi) is 8.98. The maximum Gasteiger partial charge on any atom is 0.429 e. The monoisotopic (exact) mass is 507 g/mol. The Labute approximate surface area is 206 Å². The minimum Gasteiger partial charge on any atom is -0.398 e. The van der Waals surface area contributed by atoms with E-state index in [0.29, 0.717) is 30.0 Å². The number of halogens is 1. The predicted octanol–water partition coefficient (Wildman–Crippen LogP) is 6.04. The molecule has 0 saturated carbocycles. The lowest BCUT2D eigenvalue weighted by molar-refractivity contribution is 0.179. The number of benzene rings is 1. The number of aromatic nitrogens is 2. The van der Waals surface area contributed by atoms with Gasteiger partial charge in [-0.1, -0.05) is 39.3 Å². The van der Waals surface area contributed by atoms with E-state index in [9.17, 15) is 13.6 Å². The summed E-state index contributed by atoms with van der Waals surface area (Å²) < 4.78 is 44.7. The minimum absolute atomic E-state index is 0.0920. The zero-order chi connectivity index (χ0) is 24.8. The number of hydrogen-bond acceptors (Lipinski definition) is 5. The summed E-state index contributed by atoms with van der Waals surface area (Å²) in [4.78, 5) is 17.8. The average Bonchev–Trinajstić information content (AvgIpc) is 3.33. The van der Waals surface area contributed by atoms with Crippen LogP contribution in [0.1, 0.15) is 49.9 Å². The maximum atomic E-state index is 15.2. The Bertz CT molecular complexity index is 1160. The fraction of sp³-hybridized carbons (Fsp3) is 0.417. The molecule has 7 nitrogen and oxygen atoms in total. The first-order chi connectivity index (χ1) is 16.2. The van der Waals surface area contributed by atoms with Crippen molar-refractivity contribution in [3.05, 3.63) is 58.7 Å². The van der Waals surface area contributed by atoms with E-state index in [1.807, 2.05) is 36.7 Å². The van der Waals surface area contributed by atoms with Crippen LogP contribution in [0, 0.1) is 18.7 Å². The number of thiophene rings is 1. The first-order valence-electron chi connectivity index (χ1n) is 11.2. The van der Waals surface area contributed by atoms with Crippen molar-refractivity contribution in [1.29, 1.82) is 0 Å². The minimum atomic E-state index is -2.51. The molecule has 10 heteroatoms. The Hall–Kier alpha value is -2.56. The maximum absolute atomic E-state index is 15.2. The standard InChI is InChI=1S/C24H30FN3O4S2/c1-5-6-10-28(34(30)31)24(29)32-23-21(14-19(33-23)12-16(2)3)20-8-7-18(13-22(20)25)15-27-11-9-26-17(27)4/h7-9,11,13-14,16H,5-6,10,12,15H2,1-4H3,(H,30,31). The second kappa shape index (κ2) is 11.7. The van der Waals surface area contributed by atoms with Gasteiger partial charge in [-0.05, 0) is 43.4 Å². The largest absolute Gasteiger partial charge is 0.429 e. The van der Waals surface area contributed by atoms with Gasteiger partial charge >= 0.3 is 6.09 Å². The summed E-state index contributed by atoms with van der Waals surface area (Å²) in [5.74, 6) is 0.755. The van der Waals surface area contributed by atoms with E-state index in [1.165, 1.54) is 17.4 Å². The lowest BCUT2D eigenvalue weighted by atomic mass is 10.0. The van der Waals surface area contributed by atoms with Crippen LogP contribution in [0.4, 0.5) is 9.18 Å². The number of rotatable bonds is 10. The Balaban J connectivity index is 1.92. The van der Waals surface area contributed by atoms with Gasteiger partial charge in [0.2, 0.25) is 0 Å². The Morgan fingerprint density at radius 3 is 2.68 bits per heavy atom. The van der Waals surface area contributed by atoms with E-state index >= 15 is 4.39 Å². The highest BCUT2D eigenvalue weighted by atomic mass is 32.2. The second-order valence-electron chi connectivity index (χ2n) is 8.48. The van der Waals surface area contributed by atoms with Crippen LogP contribution in [0.15, 0.2) is 36.7 Å². The first kappa shape index (κ1) is 26.1. The first-order valence-corrected chi connectivity index (χ1v) is 13.1. The number of imidazole rings is 1. The highest BCUT2D eigenvalue weighted by molar-refractivity contribution is 7.77. The lowest BCUT2D eigenvalue weighted by Crippen LogP contribution is -2.35. The van der Waals surface area contributed by atoms with Crippen molar-refractivity contribution in [1.82, 2.24) is 13.9 Å². The van der Waals surface area contributed by atoms with Gasteiger partial charge in [-0.15, -0.1) is 11.3 Å². The summed E-state index contributed by atoms with van der Waals surface area (Å²) in [7, 11) is 0. The molecule has 0 fully saturated rings. The highest BCUT2D eigenvalue weighted by Gasteiger charge is 2.25. The predicted molar refractivity (Wildman–Crippen MR) is 133 cm³/mol. The van der Waals surface area contributed by atoms with Gasteiger partial charge in [0.05, 0.1) is 0 Å². The van der Waals surface area contributed by atoms with E-state index in [2.05, 4.69) is 18.8 Å². The molecule has 0 bridgehead atoms. The van der Waals surface area contributed by atoms with Gasteiger partial charge in [-0.25, -0.2) is 22.7 Å². The van der Waals surface area contributed by atoms with Gasteiger partial charge in [-0.3, -0.25) is 4.55 Å². The van der Waals surface area contributed by atoms with E-state index in [-0.39, 0.29) is 11.6 Å². The number of unbranched alkanes of at least 4 members (excludes halogenated alkanes) is 1. The highest BCUT2D eigenvalue weighted by Crippen LogP contribution is 2.41. The van der Waals surface area contributed by atoms with Gasteiger partial charge in [0.15, 0.2) is 5.06 Å². The van der Waals surface area contributed by atoms with Crippen LogP contribution in [0.25, 0.3) is 11.1 Å². The van der Waals surface area contributed by atoms with Crippen LogP contribution in [-0.4, -0.2) is 35.3 Å². The number of nitrogens with zero attached hydrogens (tertiary/aromatic N) is 3. The average molecular weight is 508 g/mol. The topological polar surface area (TPSA) is 84.7 Å². The molecule has 184 valence electrons. The van der Waals surface area contributed by atoms with Crippen LogP contribution < -0.4 is 4.74 Å². The van der Waals surface area contributed by atoms with E-state index in [1.54, 1.807) is 12.3 Å². The molecule has 34 heavy (non-hydrogen) atoms. The van der Waals surface area contributed by atoms with Gasteiger partial charge in [0.25, 0.3) is 11.3 Å².